The number of hydrogen-bond donors (Lipinski definition) is 1. The van der Waals surface area contributed by atoms with Crippen LogP contribution in [0, 0.1) is 17.7 Å². The van der Waals surface area contributed by atoms with Crippen LogP contribution in [0.4, 0.5) is 9.52 Å². The predicted molar refractivity (Wildman–Crippen MR) is 115 cm³/mol. The zero-order valence-electron chi connectivity index (χ0n) is 16.6. The van der Waals surface area contributed by atoms with Gasteiger partial charge in [0.15, 0.2) is 5.13 Å². The van der Waals surface area contributed by atoms with E-state index < -0.39 is 0 Å². The highest BCUT2D eigenvalue weighted by atomic mass is 32.1. The highest BCUT2D eigenvalue weighted by Crippen LogP contribution is 2.35. The van der Waals surface area contributed by atoms with Crippen molar-refractivity contribution in [3.63, 3.8) is 0 Å². The molecule has 2 heterocycles. The fourth-order valence-electron chi connectivity index (χ4n) is 4.56. The maximum absolute atomic E-state index is 13.4. The maximum atomic E-state index is 13.4. The minimum Gasteiger partial charge on any atom is -0.302 e. The van der Waals surface area contributed by atoms with Crippen LogP contribution in [0.3, 0.4) is 0 Å². The van der Waals surface area contributed by atoms with E-state index in [1.165, 1.54) is 28.4 Å². The normalized spacial score (nSPS) is 20.9. The van der Waals surface area contributed by atoms with E-state index in [0.717, 1.165) is 19.3 Å². The van der Waals surface area contributed by atoms with Gasteiger partial charge in [0.05, 0.1) is 21.3 Å². The summed E-state index contributed by atoms with van der Waals surface area (Å²) in [6, 6.07) is 11.1. The minimum absolute atomic E-state index is 0.109. The molecule has 1 aliphatic carbocycles. The van der Waals surface area contributed by atoms with Crippen molar-refractivity contribution in [3.05, 3.63) is 59.4 Å². The first-order valence-electron chi connectivity index (χ1n) is 10.3. The van der Waals surface area contributed by atoms with Crippen LogP contribution >= 0.6 is 11.3 Å². The van der Waals surface area contributed by atoms with Crippen LogP contribution < -0.4 is 5.32 Å². The van der Waals surface area contributed by atoms with E-state index >= 15 is 0 Å². The molecule has 31 heavy (non-hydrogen) atoms. The molecular weight excluding hydrogens is 417 g/mol. The third-order valence-electron chi connectivity index (χ3n) is 6.12. The molecule has 5 rings (SSSR count). The lowest BCUT2D eigenvalue weighted by Crippen LogP contribution is -2.41. The standard InChI is InChI=1S/C23H20FN3O3S/c24-14-9-10-18-19(11-14)31-23(25-18)26-20(28)15-6-2-1-5-13(15)12-27-21(29)16-7-3-4-8-17(16)22(27)30/h3-4,7-11,13,15H,1-2,5-6,12H2,(H,25,26,28). The first-order valence-corrected chi connectivity index (χ1v) is 11.1. The number of imide groups is 1. The molecule has 1 saturated carbocycles. The lowest BCUT2D eigenvalue weighted by Gasteiger charge is -2.32. The minimum atomic E-state index is -0.345. The Morgan fingerprint density at radius 2 is 1.81 bits per heavy atom. The number of anilines is 1. The molecule has 3 aromatic rings. The van der Waals surface area contributed by atoms with Gasteiger partial charge in [0.25, 0.3) is 11.8 Å². The van der Waals surface area contributed by atoms with E-state index in [0.29, 0.717) is 32.9 Å². The Bertz CT molecular complexity index is 1170. The average molecular weight is 437 g/mol. The lowest BCUT2D eigenvalue weighted by atomic mass is 9.78. The summed E-state index contributed by atoms with van der Waals surface area (Å²) in [5.74, 6) is -1.52. The Morgan fingerprint density at radius 1 is 1.10 bits per heavy atom. The van der Waals surface area contributed by atoms with Gasteiger partial charge in [-0.3, -0.25) is 19.3 Å². The molecule has 1 N–H and O–H groups in total. The Morgan fingerprint density at radius 3 is 2.55 bits per heavy atom. The number of rotatable bonds is 4. The number of hydrogen-bond acceptors (Lipinski definition) is 5. The quantitative estimate of drug-likeness (QED) is 0.611. The first-order chi connectivity index (χ1) is 15.0. The van der Waals surface area contributed by atoms with Gasteiger partial charge in [-0.05, 0) is 49.1 Å². The fourth-order valence-corrected chi connectivity index (χ4v) is 5.45. The molecule has 6 nitrogen and oxygen atoms in total. The summed E-state index contributed by atoms with van der Waals surface area (Å²) in [5, 5.41) is 3.30. The van der Waals surface area contributed by atoms with Gasteiger partial charge < -0.3 is 5.32 Å². The molecule has 1 fully saturated rings. The summed E-state index contributed by atoms with van der Waals surface area (Å²) in [5.41, 5.74) is 1.48. The van der Waals surface area contributed by atoms with E-state index in [4.69, 9.17) is 0 Å². The SMILES string of the molecule is O=C(Nc1nc2ccc(F)cc2s1)C1CCCCC1CN1C(=O)c2ccccc2C1=O. The molecule has 1 aromatic heterocycles. The molecule has 3 amide bonds. The van der Waals surface area contributed by atoms with Crippen molar-refractivity contribution in [2.24, 2.45) is 11.8 Å². The van der Waals surface area contributed by atoms with Crippen molar-refractivity contribution in [1.29, 1.82) is 0 Å². The van der Waals surface area contributed by atoms with Gasteiger partial charge in [0, 0.05) is 12.5 Å². The smallest absolute Gasteiger partial charge is 0.261 e. The molecule has 0 spiro atoms. The van der Waals surface area contributed by atoms with Crippen molar-refractivity contribution < 1.29 is 18.8 Å². The zero-order chi connectivity index (χ0) is 21.5. The van der Waals surface area contributed by atoms with E-state index in [1.807, 2.05) is 0 Å². The summed E-state index contributed by atoms with van der Waals surface area (Å²) in [7, 11) is 0. The number of nitrogens with zero attached hydrogens (tertiary/aromatic N) is 2. The van der Waals surface area contributed by atoms with Crippen molar-refractivity contribution in [3.8, 4) is 0 Å². The van der Waals surface area contributed by atoms with Crippen molar-refractivity contribution in [2.75, 3.05) is 11.9 Å². The van der Waals surface area contributed by atoms with Crippen LogP contribution in [0.5, 0.6) is 0 Å². The van der Waals surface area contributed by atoms with E-state index in [-0.39, 0.29) is 41.9 Å². The molecule has 2 aromatic carbocycles. The fraction of sp³-hybridized carbons (Fsp3) is 0.304. The van der Waals surface area contributed by atoms with Gasteiger partial charge >= 0.3 is 0 Å². The van der Waals surface area contributed by atoms with Gasteiger partial charge in [-0.15, -0.1) is 0 Å². The second-order valence-electron chi connectivity index (χ2n) is 8.04. The third-order valence-corrected chi connectivity index (χ3v) is 7.06. The number of halogens is 1. The number of aromatic nitrogens is 1. The highest BCUT2D eigenvalue weighted by Gasteiger charge is 2.40. The number of amides is 3. The van der Waals surface area contributed by atoms with Crippen LogP contribution in [0.15, 0.2) is 42.5 Å². The number of benzene rings is 2. The molecule has 0 bridgehead atoms. The Balaban J connectivity index is 1.33. The van der Waals surface area contributed by atoms with Crippen molar-refractivity contribution >= 4 is 44.4 Å². The number of thiazole rings is 1. The van der Waals surface area contributed by atoms with E-state index in [9.17, 15) is 18.8 Å². The Kier molecular flexibility index (Phi) is 5.02. The summed E-state index contributed by atoms with van der Waals surface area (Å²) in [4.78, 5) is 44.2. The molecule has 2 aliphatic rings. The third kappa shape index (κ3) is 3.61. The molecule has 2 unspecified atom stereocenters. The van der Waals surface area contributed by atoms with Gasteiger partial charge in [-0.25, -0.2) is 9.37 Å². The second kappa shape index (κ2) is 7.85. The number of carbonyl (C=O) groups excluding carboxylic acids is 3. The van der Waals surface area contributed by atoms with Crippen molar-refractivity contribution in [1.82, 2.24) is 9.88 Å². The van der Waals surface area contributed by atoms with Gasteiger partial charge in [-0.2, -0.15) is 0 Å². The number of fused-ring (bicyclic) bond motifs is 2. The van der Waals surface area contributed by atoms with E-state index in [2.05, 4.69) is 10.3 Å². The highest BCUT2D eigenvalue weighted by molar-refractivity contribution is 7.22. The number of nitrogens with one attached hydrogen (secondary N) is 1. The van der Waals surface area contributed by atoms with Crippen LogP contribution in [0.2, 0.25) is 0 Å². The van der Waals surface area contributed by atoms with E-state index in [1.54, 1.807) is 30.3 Å². The summed E-state index contributed by atoms with van der Waals surface area (Å²) in [6.07, 6.45) is 3.34. The topological polar surface area (TPSA) is 79.4 Å². The Hall–Kier alpha value is -3.13. The monoisotopic (exact) mass is 437 g/mol. The van der Waals surface area contributed by atoms with Crippen molar-refractivity contribution in [2.45, 2.75) is 25.7 Å². The van der Waals surface area contributed by atoms with Crippen LogP contribution in [-0.4, -0.2) is 34.2 Å². The second-order valence-corrected chi connectivity index (χ2v) is 9.07. The molecule has 8 heteroatoms. The van der Waals surface area contributed by atoms with Crippen LogP contribution in [0.1, 0.15) is 46.4 Å². The summed E-state index contributed by atoms with van der Waals surface area (Å²) in [6.45, 7) is 0.232. The molecule has 0 saturated heterocycles. The number of carbonyl (C=O) groups is 3. The van der Waals surface area contributed by atoms with Crippen LogP contribution in [-0.2, 0) is 4.79 Å². The summed E-state index contributed by atoms with van der Waals surface area (Å²) < 4.78 is 14.1. The molecular formula is C23H20FN3O3S. The van der Waals surface area contributed by atoms with Gasteiger partial charge in [0.1, 0.15) is 5.82 Å². The largest absolute Gasteiger partial charge is 0.302 e. The molecule has 158 valence electrons. The maximum Gasteiger partial charge on any atom is 0.261 e. The Labute approximate surface area is 182 Å². The zero-order valence-corrected chi connectivity index (χ0v) is 17.5. The molecule has 1 aliphatic heterocycles. The lowest BCUT2D eigenvalue weighted by molar-refractivity contribution is -0.122. The van der Waals surface area contributed by atoms with Gasteiger partial charge in [-0.1, -0.05) is 36.3 Å². The van der Waals surface area contributed by atoms with Gasteiger partial charge in [0.2, 0.25) is 5.91 Å². The first kappa shape index (κ1) is 19.8. The molecule has 0 radical (unpaired) electrons. The average Bonchev–Trinajstić information content (AvgIpc) is 3.27. The van der Waals surface area contributed by atoms with Crippen LogP contribution in [0.25, 0.3) is 10.2 Å². The molecule has 2 atom stereocenters. The predicted octanol–water partition coefficient (Wildman–Crippen LogP) is 4.48. The summed E-state index contributed by atoms with van der Waals surface area (Å²) >= 11 is 1.23.